The Labute approximate surface area is 122 Å². The highest BCUT2D eigenvalue weighted by Gasteiger charge is 2.18. The number of hydrogen-bond donors (Lipinski definition) is 2. The van der Waals surface area contributed by atoms with Crippen LogP contribution in [0.3, 0.4) is 0 Å². The lowest BCUT2D eigenvalue weighted by Gasteiger charge is -2.07. The second-order valence-corrected chi connectivity index (χ2v) is 7.35. The molecule has 2 aromatic carbocycles. The maximum absolute atomic E-state index is 11.2. The molecule has 2 N–H and O–H groups in total. The van der Waals surface area contributed by atoms with Gasteiger partial charge in [0.05, 0.1) is 9.79 Å². The molecule has 2 rings (SSSR count). The van der Waals surface area contributed by atoms with Crippen molar-refractivity contribution in [3.8, 4) is 11.1 Å². The van der Waals surface area contributed by atoms with Crippen LogP contribution in [0.15, 0.2) is 52.3 Å². The molecule has 0 aliphatic rings. The van der Waals surface area contributed by atoms with Crippen LogP contribution < -0.4 is 0 Å². The molecule has 0 aromatic heterocycles. The molecule has 0 radical (unpaired) electrons. The van der Waals surface area contributed by atoms with E-state index in [-0.39, 0.29) is 5.56 Å². The molecular weight excluding hydrogens is 316 g/mol. The van der Waals surface area contributed by atoms with Crippen LogP contribution in [0.25, 0.3) is 11.1 Å². The Morgan fingerprint density at radius 1 is 0.714 bits per heavy atom. The normalized spacial score (nSPS) is 12.3. The molecule has 8 heteroatoms. The summed E-state index contributed by atoms with van der Waals surface area (Å²) in [6.07, 6.45) is 0. The zero-order valence-electron chi connectivity index (χ0n) is 10.9. The zero-order chi connectivity index (χ0) is 15.8. The van der Waals surface area contributed by atoms with E-state index in [1.165, 1.54) is 0 Å². The number of rotatable bonds is 3. The first-order chi connectivity index (χ1) is 9.57. The monoisotopic (exact) mass is 328 g/mol. The standard InChI is InChI=1S/C13H12O6S2/c1-9-2-4-10(5-3-9)11-6-12(20(14,15)16)8-13(7-11)21(17,18)19/h2-8H,1H3,(H,14,15,16)(H,17,18,19). The van der Waals surface area contributed by atoms with Gasteiger partial charge in [-0.25, -0.2) is 0 Å². The molecule has 0 unspecified atom stereocenters. The fraction of sp³-hybridized carbons (Fsp3) is 0.0769. The van der Waals surface area contributed by atoms with Gasteiger partial charge in [0.1, 0.15) is 0 Å². The average molecular weight is 328 g/mol. The molecule has 112 valence electrons. The number of benzene rings is 2. The van der Waals surface area contributed by atoms with Gasteiger partial charge in [-0.1, -0.05) is 29.8 Å². The van der Waals surface area contributed by atoms with E-state index in [0.717, 1.165) is 17.7 Å². The predicted molar refractivity (Wildman–Crippen MR) is 76.2 cm³/mol. The SMILES string of the molecule is Cc1ccc(-c2cc(S(=O)(=O)O)cc(S(=O)(=O)O)c2)cc1. The summed E-state index contributed by atoms with van der Waals surface area (Å²) in [5, 5.41) is 0. The Morgan fingerprint density at radius 2 is 1.14 bits per heavy atom. The molecule has 6 nitrogen and oxygen atoms in total. The van der Waals surface area contributed by atoms with Crippen LogP contribution in [-0.2, 0) is 20.2 Å². The van der Waals surface area contributed by atoms with Crippen molar-refractivity contribution in [2.45, 2.75) is 16.7 Å². The van der Waals surface area contributed by atoms with E-state index in [2.05, 4.69) is 0 Å². The van der Waals surface area contributed by atoms with E-state index in [4.69, 9.17) is 9.11 Å². The van der Waals surface area contributed by atoms with Crippen molar-refractivity contribution in [3.05, 3.63) is 48.0 Å². The van der Waals surface area contributed by atoms with Gasteiger partial charge in [-0.3, -0.25) is 9.11 Å². The third-order valence-electron chi connectivity index (χ3n) is 2.86. The highest BCUT2D eigenvalue weighted by Crippen LogP contribution is 2.27. The summed E-state index contributed by atoms with van der Waals surface area (Å²) in [6.45, 7) is 1.86. The summed E-state index contributed by atoms with van der Waals surface area (Å²) in [4.78, 5) is -1.21. The molecule has 21 heavy (non-hydrogen) atoms. The van der Waals surface area contributed by atoms with E-state index in [9.17, 15) is 16.8 Å². The van der Waals surface area contributed by atoms with Gasteiger partial charge in [-0.05, 0) is 36.2 Å². The van der Waals surface area contributed by atoms with Crippen LogP contribution in [0.4, 0.5) is 0 Å². The summed E-state index contributed by atoms with van der Waals surface area (Å²) in [5.41, 5.74) is 1.77. The lowest BCUT2D eigenvalue weighted by molar-refractivity contribution is 0.481. The van der Waals surface area contributed by atoms with Gasteiger partial charge in [0.15, 0.2) is 0 Å². The summed E-state index contributed by atoms with van der Waals surface area (Å²) in [6, 6.07) is 9.84. The number of hydrogen-bond acceptors (Lipinski definition) is 4. The maximum atomic E-state index is 11.2. The molecule has 0 saturated heterocycles. The average Bonchev–Trinajstić information content (AvgIpc) is 2.37. The van der Waals surface area contributed by atoms with Crippen LogP contribution >= 0.6 is 0 Å². The minimum absolute atomic E-state index is 0.248. The van der Waals surface area contributed by atoms with Gasteiger partial charge in [0.2, 0.25) is 0 Å². The van der Waals surface area contributed by atoms with Gasteiger partial charge in [0.25, 0.3) is 20.2 Å². The summed E-state index contributed by atoms with van der Waals surface area (Å²) in [5.74, 6) is 0. The fourth-order valence-electron chi connectivity index (χ4n) is 1.78. The second-order valence-electron chi connectivity index (χ2n) is 4.51. The molecular formula is C13H12O6S2. The van der Waals surface area contributed by atoms with Crippen LogP contribution in [0, 0.1) is 6.92 Å². The highest BCUT2D eigenvalue weighted by atomic mass is 32.2. The number of aryl methyl sites for hydroxylation is 1. The summed E-state index contributed by atoms with van der Waals surface area (Å²) in [7, 11) is -9.20. The van der Waals surface area contributed by atoms with Crippen molar-refractivity contribution >= 4 is 20.2 Å². The van der Waals surface area contributed by atoms with Crippen LogP contribution in [0.2, 0.25) is 0 Å². The maximum Gasteiger partial charge on any atom is 0.294 e. The first-order valence-corrected chi connectivity index (χ1v) is 8.62. The summed E-state index contributed by atoms with van der Waals surface area (Å²) < 4.78 is 63.1. The Hall–Kier alpha value is -1.74. The molecule has 0 heterocycles. The molecule has 0 amide bonds. The summed E-state index contributed by atoms with van der Waals surface area (Å²) >= 11 is 0. The smallest absolute Gasteiger partial charge is 0.282 e. The molecule has 2 aromatic rings. The molecule has 0 aliphatic carbocycles. The van der Waals surface area contributed by atoms with Gasteiger partial charge < -0.3 is 0 Å². The minimum atomic E-state index is -4.60. The molecule has 0 spiro atoms. The van der Waals surface area contributed by atoms with Gasteiger partial charge in [-0.15, -0.1) is 0 Å². The first kappa shape index (κ1) is 15.6. The Bertz CT molecular complexity index is 831. The quantitative estimate of drug-likeness (QED) is 0.836. The third kappa shape index (κ3) is 3.67. The van der Waals surface area contributed by atoms with E-state index in [1.54, 1.807) is 24.3 Å². The van der Waals surface area contributed by atoms with Crippen molar-refractivity contribution in [2.24, 2.45) is 0 Å². The van der Waals surface area contributed by atoms with Gasteiger partial charge in [-0.2, -0.15) is 16.8 Å². The second kappa shape index (κ2) is 5.23. The Balaban J connectivity index is 2.75. The van der Waals surface area contributed by atoms with Crippen molar-refractivity contribution in [3.63, 3.8) is 0 Å². The van der Waals surface area contributed by atoms with Crippen LogP contribution in [0.1, 0.15) is 5.56 Å². The van der Waals surface area contributed by atoms with Crippen LogP contribution in [0.5, 0.6) is 0 Å². The van der Waals surface area contributed by atoms with E-state index >= 15 is 0 Å². The molecule has 0 saturated carbocycles. The van der Waals surface area contributed by atoms with Gasteiger partial charge >= 0.3 is 0 Å². The van der Waals surface area contributed by atoms with Crippen LogP contribution in [-0.4, -0.2) is 25.9 Å². The highest BCUT2D eigenvalue weighted by molar-refractivity contribution is 7.86. The van der Waals surface area contributed by atoms with Crippen molar-refractivity contribution in [1.82, 2.24) is 0 Å². The van der Waals surface area contributed by atoms with E-state index in [0.29, 0.717) is 11.6 Å². The van der Waals surface area contributed by atoms with E-state index < -0.39 is 30.0 Å². The molecule has 0 fully saturated rings. The van der Waals surface area contributed by atoms with E-state index in [1.807, 2.05) is 6.92 Å². The molecule has 0 aliphatic heterocycles. The minimum Gasteiger partial charge on any atom is -0.282 e. The Kier molecular flexibility index (Phi) is 3.89. The Morgan fingerprint density at radius 3 is 1.52 bits per heavy atom. The zero-order valence-corrected chi connectivity index (χ0v) is 12.5. The molecule has 0 bridgehead atoms. The van der Waals surface area contributed by atoms with Crippen molar-refractivity contribution in [1.29, 1.82) is 0 Å². The largest absolute Gasteiger partial charge is 0.294 e. The van der Waals surface area contributed by atoms with Crippen molar-refractivity contribution in [2.75, 3.05) is 0 Å². The molecule has 0 atom stereocenters. The lowest BCUT2D eigenvalue weighted by Crippen LogP contribution is -2.04. The topological polar surface area (TPSA) is 109 Å². The predicted octanol–water partition coefficient (Wildman–Crippen LogP) is 2.16. The third-order valence-corrected chi connectivity index (χ3v) is 4.52. The fourth-order valence-corrected chi connectivity index (χ4v) is 2.96. The lowest BCUT2D eigenvalue weighted by atomic mass is 10.0. The first-order valence-electron chi connectivity index (χ1n) is 5.74. The van der Waals surface area contributed by atoms with Gasteiger partial charge in [0, 0.05) is 0 Å². The van der Waals surface area contributed by atoms with Crippen molar-refractivity contribution < 1.29 is 25.9 Å².